The fraction of sp³-hybridized carbons (Fsp3) is 0.214. The Balaban J connectivity index is 2.11. The van der Waals surface area contributed by atoms with Gasteiger partial charge in [0.1, 0.15) is 0 Å². The Hall–Kier alpha value is -1.38. The number of rotatable bonds is 3. The first-order valence-electron chi connectivity index (χ1n) is 5.58. The van der Waals surface area contributed by atoms with Crippen LogP contribution in [0.5, 0.6) is 0 Å². The van der Waals surface area contributed by atoms with E-state index in [9.17, 15) is 0 Å². The number of aryl methyl sites for hydroxylation is 1. The van der Waals surface area contributed by atoms with Gasteiger partial charge >= 0.3 is 0 Å². The third kappa shape index (κ3) is 3.29. The number of pyridine rings is 1. The molecule has 0 amide bonds. The van der Waals surface area contributed by atoms with Crippen LogP contribution >= 0.6 is 11.6 Å². The van der Waals surface area contributed by atoms with Crippen LogP contribution in [0.25, 0.3) is 0 Å². The number of benzene rings is 1. The molecule has 1 atom stereocenters. The van der Waals surface area contributed by atoms with Crippen LogP contribution in [0, 0.1) is 6.92 Å². The van der Waals surface area contributed by atoms with Crippen LogP contribution in [-0.4, -0.2) is 4.98 Å². The van der Waals surface area contributed by atoms with E-state index in [0.717, 1.165) is 22.7 Å². The SMILES string of the molecule is Cc1cc(C(N)Cc2ccc(Cl)cc2)ccn1. The zero-order valence-electron chi connectivity index (χ0n) is 9.73. The van der Waals surface area contributed by atoms with Crippen LogP contribution in [0.4, 0.5) is 0 Å². The van der Waals surface area contributed by atoms with Crippen LogP contribution in [0.15, 0.2) is 42.6 Å². The van der Waals surface area contributed by atoms with Gasteiger partial charge in [-0.1, -0.05) is 23.7 Å². The van der Waals surface area contributed by atoms with E-state index in [4.69, 9.17) is 17.3 Å². The zero-order chi connectivity index (χ0) is 12.3. The summed E-state index contributed by atoms with van der Waals surface area (Å²) in [4.78, 5) is 4.17. The molecule has 1 aromatic carbocycles. The summed E-state index contributed by atoms with van der Waals surface area (Å²) < 4.78 is 0. The smallest absolute Gasteiger partial charge is 0.0406 e. The van der Waals surface area contributed by atoms with Gasteiger partial charge in [-0.15, -0.1) is 0 Å². The Morgan fingerprint density at radius 3 is 2.59 bits per heavy atom. The summed E-state index contributed by atoms with van der Waals surface area (Å²) in [5, 5.41) is 0.752. The van der Waals surface area contributed by atoms with Crippen LogP contribution < -0.4 is 5.73 Å². The van der Waals surface area contributed by atoms with Gasteiger partial charge in [-0.2, -0.15) is 0 Å². The maximum absolute atomic E-state index is 6.17. The molecule has 2 nitrogen and oxygen atoms in total. The van der Waals surface area contributed by atoms with Gasteiger partial charge in [0.2, 0.25) is 0 Å². The molecule has 2 N–H and O–H groups in total. The number of nitrogens with two attached hydrogens (primary N) is 1. The molecule has 0 aliphatic carbocycles. The van der Waals surface area contributed by atoms with Crippen LogP contribution in [-0.2, 0) is 6.42 Å². The lowest BCUT2D eigenvalue weighted by Crippen LogP contribution is -2.13. The lowest BCUT2D eigenvalue weighted by Gasteiger charge is -2.12. The van der Waals surface area contributed by atoms with E-state index in [2.05, 4.69) is 4.98 Å². The molecule has 1 heterocycles. The first-order chi connectivity index (χ1) is 8.15. The second-order valence-electron chi connectivity index (χ2n) is 4.17. The molecule has 0 fully saturated rings. The molecule has 0 bridgehead atoms. The van der Waals surface area contributed by atoms with E-state index in [1.165, 1.54) is 5.56 Å². The quantitative estimate of drug-likeness (QED) is 0.903. The summed E-state index contributed by atoms with van der Waals surface area (Å²) in [6, 6.07) is 11.8. The summed E-state index contributed by atoms with van der Waals surface area (Å²) in [6.07, 6.45) is 2.60. The standard InChI is InChI=1S/C14H15ClN2/c1-10-8-12(6-7-17-10)14(16)9-11-2-4-13(15)5-3-11/h2-8,14H,9,16H2,1H3. The Kier molecular flexibility index (Phi) is 3.77. The highest BCUT2D eigenvalue weighted by atomic mass is 35.5. The monoisotopic (exact) mass is 246 g/mol. The molecule has 0 saturated heterocycles. The van der Waals surface area contributed by atoms with Crippen molar-refractivity contribution in [3.63, 3.8) is 0 Å². The second kappa shape index (κ2) is 5.30. The summed E-state index contributed by atoms with van der Waals surface area (Å²) in [6.45, 7) is 1.97. The van der Waals surface area contributed by atoms with Crippen molar-refractivity contribution in [1.29, 1.82) is 0 Å². The van der Waals surface area contributed by atoms with E-state index in [1.54, 1.807) is 6.20 Å². The number of aromatic nitrogens is 1. The Labute approximate surface area is 106 Å². The zero-order valence-corrected chi connectivity index (χ0v) is 10.5. The van der Waals surface area contributed by atoms with Gasteiger partial charge < -0.3 is 5.73 Å². The third-order valence-electron chi connectivity index (χ3n) is 2.72. The molecule has 2 rings (SSSR count). The molecule has 0 saturated carbocycles. The highest BCUT2D eigenvalue weighted by Gasteiger charge is 2.07. The van der Waals surface area contributed by atoms with E-state index in [1.807, 2.05) is 43.3 Å². The van der Waals surface area contributed by atoms with Gasteiger partial charge in [0.15, 0.2) is 0 Å². The normalized spacial score (nSPS) is 12.4. The van der Waals surface area contributed by atoms with Gasteiger partial charge in [0, 0.05) is 23.0 Å². The molecule has 1 unspecified atom stereocenters. The molecular formula is C14H15ClN2. The van der Waals surface area contributed by atoms with Crippen molar-refractivity contribution in [2.75, 3.05) is 0 Å². The lowest BCUT2D eigenvalue weighted by atomic mass is 10.0. The molecule has 3 heteroatoms. The Bertz CT molecular complexity index is 494. The average molecular weight is 247 g/mol. The predicted octanol–water partition coefficient (Wildman–Crippen LogP) is 3.29. The second-order valence-corrected chi connectivity index (χ2v) is 4.60. The number of hydrogen-bond acceptors (Lipinski definition) is 2. The van der Waals surface area contributed by atoms with E-state index in [0.29, 0.717) is 0 Å². The van der Waals surface area contributed by atoms with E-state index >= 15 is 0 Å². The van der Waals surface area contributed by atoms with Crippen molar-refractivity contribution in [2.24, 2.45) is 5.73 Å². The summed E-state index contributed by atoms with van der Waals surface area (Å²) in [5.41, 5.74) is 9.48. The minimum Gasteiger partial charge on any atom is -0.324 e. The topological polar surface area (TPSA) is 38.9 Å². The number of nitrogens with zero attached hydrogens (tertiary/aromatic N) is 1. The fourth-order valence-corrected chi connectivity index (χ4v) is 1.92. The molecule has 0 radical (unpaired) electrons. The Morgan fingerprint density at radius 2 is 1.94 bits per heavy atom. The lowest BCUT2D eigenvalue weighted by molar-refractivity contribution is 0.719. The summed E-state index contributed by atoms with van der Waals surface area (Å²) >= 11 is 5.85. The van der Waals surface area contributed by atoms with Gasteiger partial charge in [-0.3, -0.25) is 4.98 Å². The van der Waals surface area contributed by atoms with Crippen molar-refractivity contribution in [3.8, 4) is 0 Å². The number of hydrogen-bond donors (Lipinski definition) is 1. The fourth-order valence-electron chi connectivity index (χ4n) is 1.79. The highest BCUT2D eigenvalue weighted by Crippen LogP contribution is 2.17. The molecular weight excluding hydrogens is 232 g/mol. The molecule has 0 aliphatic heterocycles. The third-order valence-corrected chi connectivity index (χ3v) is 2.97. The van der Waals surface area contributed by atoms with E-state index in [-0.39, 0.29) is 6.04 Å². The van der Waals surface area contributed by atoms with Crippen molar-refractivity contribution >= 4 is 11.6 Å². The van der Waals surface area contributed by atoms with Crippen LogP contribution in [0.1, 0.15) is 22.9 Å². The predicted molar refractivity (Wildman–Crippen MR) is 71.1 cm³/mol. The van der Waals surface area contributed by atoms with Crippen molar-refractivity contribution < 1.29 is 0 Å². The minimum atomic E-state index is -0.00197. The number of halogens is 1. The highest BCUT2D eigenvalue weighted by molar-refractivity contribution is 6.30. The van der Waals surface area contributed by atoms with Crippen molar-refractivity contribution in [2.45, 2.75) is 19.4 Å². The molecule has 88 valence electrons. The molecule has 0 aliphatic rings. The van der Waals surface area contributed by atoms with E-state index < -0.39 is 0 Å². The van der Waals surface area contributed by atoms with Crippen molar-refractivity contribution in [3.05, 3.63) is 64.4 Å². The maximum Gasteiger partial charge on any atom is 0.0406 e. The molecule has 0 spiro atoms. The molecule has 17 heavy (non-hydrogen) atoms. The Morgan fingerprint density at radius 1 is 1.24 bits per heavy atom. The molecule has 1 aromatic heterocycles. The minimum absolute atomic E-state index is 0.00197. The van der Waals surface area contributed by atoms with Gasteiger partial charge in [-0.05, 0) is 48.7 Å². The van der Waals surface area contributed by atoms with Gasteiger partial charge in [-0.25, -0.2) is 0 Å². The summed E-state index contributed by atoms with van der Waals surface area (Å²) in [5.74, 6) is 0. The average Bonchev–Trinajstić information content (AvgIpc) is 2.32. The first-order valence-corrected chi connectivity index (χ1v) is 5.95. The van der Waals surface area contributed by atoms with Crippen LogP contribution in [0.2, 0.25) is 5.02 Å². The summed E-state index contributed by atoms with van der Waals surface area (Å²) in [7, 11) is 0. The first kappa shape index (κ1) is 12.1. The van der Waals surface area contributed by atoms with Crippen LogP contribution in [0.3, 0.4) is 0 Å². The molecule has 2 aromatic rings. The van der Waals surface area contributed by atoms with Gasteiger partial charge in [0.05, 0.1) is 0 Å². The van der Waals surface area contributed by atoms with Gasteiger partial charge in [0.25, 0.3) is 0 Å². The largest absolute Gasteiger partial charge is 0.324 e. The van der Waals surface area contributed by atoms with Crippen molar-refractivity contribution in [1.82, 2.24) is 4.98 Å². The maximum atomic E-state index is 6.17.